The van der Waals surface area contributed by atoms with E-state index in [9.17, 15) is 13.2 Å². The van der Waals surface area contributed by atoms with Crippen LogP contribution in [0.4, 0.5) is 13.2 Å². The highest BCUT2D eigenvalue weighted by Crippen LogP contribution is 2.42. The van der Waals surface area contributed by atoms with Gasteiger partial charge in [-0.3, -0.25) is 0 Å². The maximum atomic E-state index is 12.5. The molecule has 0 radical (unpaired) electrons. The van der Waals surface area contributed by atoms with E-state index in [0.29, 0.717) is 0 Å². The highest BCUT2D eigenvalue weighted by molar-refractivity contribution is 9.10. The average molecular weight is 267 g/mol. The van der Waals surface area contributed by atoms with Crippen molar-refractivity contribution in [1.29, 1.82) is 0 Å². The Kier molecular flexibility index (Phi) is 2.09. The first-order chi connectivity index (χ1) is 6.46. The van der Waals surface area contributed by atoms with Gasteiger partial charge in [0.25, 0.3) is 0 Å². The predicted molar refractivity (Wildman–Crippen MR) is 48.1 cm³/mol. The number of alkyl halides is 3. The van der Waals surface area contributed by atoms with Gasteiger partial charge in [-0.1, -0.05) is 28.1 Å². The van der Waals surface area contributed by atoms with Crippen LogP contribution in [0.2, 0.25) is 0 Å². The van der Waals surface area contributed by atoms with Crippen LogP contribution in [0.5, 0.6) is 0 Å². The van der Waals surface area contributed by atoms with E-state index in [0.717, 1.165) is 4.47 Å². The van der Waals surface area contributed by atoms with Crippen molar-refractivity contribution in [2.75, 3.05) is 0 Å². The molecule has 0 unspecified atom stereocenters. The Morgan fingerprint density at radius 2 is 1.57 bits per heavy atom. The summed E-state index contributed by atoms with van der Waals surface area (Å²) in [6.07, 6.45) is -4.33. The number of halogens is 4. The van der Waals surface area contributed by atoms with Crippen LogP contribution >= 0.6 is 15.9 Å². The topological polar surface area (TPSA) is 43.9 Å². The molecule has 6 heteroatoms. The monoisotopic (exact) mass is 266 g/mol. The molecule has 0 bridgehead atoms. The smallest absolute Gasteiger partial charge is 0.223 e. The third kappa shape index (κ3) is 1.43. The lowest BCUT2D eigenvalue weighted by atomic mass is 10.0. The van der Waals surface area contributed by atoms with Crippen LogP contribution in [0.3, 0.4) is 0 Å². The molecular weight excluding hydrogens is 261 g/mol. The standard InChI is InChI=1S/C8H6BrF3N2/c9-6-3-1-5(2-4-6)7(13-14-7)8(10,11)12/h1-4,13-14H. The van der Waals surface area contributed by atoms with Crippen molar-refractivity contribution < 1.29 is 13.2 Å². The maximum absolute atomic E-state index is 12.5. The lowest BCUT2D eigenvalue weighted by Crippen LogP contribution is -2.34. The normalized spacial score (nSPS) is 19.4. The van der Waals surface area contributed by atoms with Gasteiger partial charge in [0.05, 0.1) is 0 Å². The molecule has 1 aliphatic rings. The van der Waals surface area contributed by atoms with E-state index in [2.05, 4.69) is 26.8 Å². The summed E-state index contributed by atoms with van der Waals surface area (Å²) < 4.78 is 38.4. The number of hydrogen-bond acceptors (Lipinski definition) is 2. The minimum Gasteiger partial charge on any atom is -0.223 e. The van der Waals surface area contributed by atoms with Crippen molar-refractivity contribution >= 4 is 15.9 Å². The first kappa shape index (κ1) is 9.95. The summed E-state index contributed by atoms with van der Waals surface area (Å²) in [4.78, 5) is 0. The third-order valence-corrected chi connectivity index (χ3v) is 2.61. The summed E-state index contributed by atoms with van der Waals surface area (Å²) in [5, 5.41) is 0. The Hall–Kier alpha value is -0.590. The quantitative estimate of drug-likeness (QED) is 0.766. The lowest BCUT2D eigenvalue weighted by molar-refractivity contribution is -0.165. The van der Waals surface area contributed by atoms with E-state index in [-0.39, 0.29) is 5.56 Å². The molecule has 0 aromatic heterocycles. The molecule has 1 fully saturated rings. The fraction of sp³-hybridized carbons (Fsp3) is 0.250. The summed E-state index contributed by atoms with van der Waals surface area (Å²) in [5.41, 5.74) is 2.38. The second-order valence-corrected chi connectivity index (χ2v) is 3.92. The summed E-state index contributed by atoms with van der Waals surface area (Å²) in [6.45, 7) is 0. The van der Waals surface area contributed by atoms with Gasteiger partial charge in [0.1, 0.15) is 0 Å². The summed E-state index contributed by atoms with van der Waals surface area (Å²) in [5.74, 6) is 0. The first-order valence-electron chi connectivity index (χ1n) is 3.83. The molecule has 76 valence electrons. The van der Waals surface area contributed by atoms with E-state index in [1.54, 1.807) is 12.1 Å². The molecule has 0 atom stereocenters. The number of hydrazine groups is 1. The van der Waals surface area contributed by atoms with Crippen molar-refractivity contribution in [3.05, 3.63) is 34.3 Å². The summed E-state index contributed by atoms with van der Waals surface area (Å²) in [7, 11) is 0. The molecule has 2 nitrogen and oxygen atoms in total. The van der Waals surface area contributed by atoms with Crippen molar-refractivity contribution in [2.24, 2.45) is 0 Å². The number of rotatable bonds is 1. The van der Waals surface area contributed by atoms with Gasteiger partial charge in [0.2, 0.25) is 5.66 Å². The van der Waals surface area contributed by atoms with Crippen molar-refractivity contribution in [2.45, 2.75) is 11.8 Å². The zero-order valence-corrected chi connectivity index (χ0v) is 8.41. The third-order valence-electron chi connectivity index (χ3n) is 2.08. The van der Waals surface area contributed by atoms with Gasteiger partial charge in [0, 0.05) is 4.47 Å². The van der Waals surface area contributed by atoms with Crippen LogP contribution in [0.15, 0.2) is 28.7 Å². The fourth-order valence-corrected chi connectivity index (χ4v) is 1.48. The molecule has 1 aromatic rings. The Labute approximate surface area is 86.6 Å². The predicted octanol–water partition coefficient (Wildman–Crippen LogP) is 2.27. The minimum absolute atomic E-state index is 0.160. The highest BCUT2D eigenvalue weighted by Gasteiger charge is 2.65. The van der Waals surface area contributed by atoms with Crippen LogP contribution in [-0.4, -0.2) is 6.18 Å². The van der Waals surface area contributed by atoms with E-state index >= 15 is 0 Å². The highest BCUT2D eigenvalue weighted by atomic mass is 79.9. The van der Waals surface area contributed by atoms with Gasteiger partial charge in [0.15, 0.2) is 0 Å². The van der Waals surface area contributed by atoms with Crippen molar-refractivity contribution in [3.63, 3.8) is 0 Å². The van der Waals surface area contributed by atoms with Crippen LogP contribution in [0.25, 0.3) is 0 Å². The second kappa shape index (κ2) is 2.95. The second-order valence-electron chi connectivity index (χ2n) is 3.00. The number of nitrogens with one attached hydrogen (secondary N) is 2. The largest absolute Gasteiger partial charge is 0.426 e. The van der Waals surface area contributed by atoms with Crippen LogP contribution in [-0.2, 0) is 5.66 Å². The molecule has 1 saturated heterocycles. The molecule has 14 heavy (non-hydrogen) atoms. The molecule has 0 saturated carbocycles. The van der Waals surface area contributed by atoms with Crippen LogP contribution in [0, 0.1) is 0 Å². The number of benzene rings is 1. The molecule has 0 amide bonds. The lowest BCUT2D eigenvalue weighted by Gasteiger charge is -2.15. The molecule has 2 rings (SSSR count). The minimum atomic E-state index is -4.33. The SMILES string of the molecule is FC(F)(F)C1(c2ccc(Br)cc2)NN1. The van der Waals surface area contributed by atoms with Gasteiger partial charge < -0.3 is 0 Å². The van der Waals surface area contributed by atoms with E-state index in [1.807, 2.05) is 0 Å². The molecule has 1 heterocycles. The van der Waals surface area contributed by atoms with Gasteiger partial charge in [-0.2, -0.15) is 13.2 Å². The van der Waals surface area contributed by atoms with E-state index < -0.39 is 11.8 Å². The van der Waals surface area contributed by atoms with Crippen LogP contribution in [0.1, 0.15) is 5.56 Å². The average Bonchev–Trinajstić information content (AvgIpc) is 2.84. The van der Waals surface area contributed by atoms with E-state index in [4.69, 9.17) is 0 Å². The Bertz CT molecular complexity index is 343. The molecular formula is C8H6BrF3N2. The maximum Gasteiger partial charge on any atom is 0.426 e. The zero-order valence-electron chi connectivity index (χ0n) is 6.82. The summed E-state index contributed by atoms with van der Waals surface area (Å²) in [6, 6.07) is 5.99. The molecule has 1 aliphatic heterocycles. The summed E-state index contributed by atoms with van der Waals surface area (Å²) >= 11 is 3.16. The molecule has 2 N–H and O–H groups in total. The number of hydrogen-bond donors (Lipinski definition) is 2. The Balaban J connectivity index is 2.36. The van der Waals surface area contributed by atoms with Crippen molar-refractivity contribution in [1.82, 2.24) is 10.9 Å². The van der Waals surface area contributed by atoms with E-state index in [1.165, 1.54) is 12.1 Å². The van der Waals surface area contributed by atoms with Crippen molar-refractivity contribution in [3.8, 4) is 0 Å². The molecule has 1 aromatic carbocycles. The van der Waals surface area contributed by atoms with Crippen LogP contribution < -0.4 is 10.9 Å². The zero-order chi connectivity index (χ0) is 10.4. The van der Waals surface area contributed by atoms with Gasteiger partial charge >= 0.3 is 6.18 Å². The van der Waals surface area contributed by atoms with Gasteiger partial charge in [-0.05, 0) is 17.7 Å². The molecule has 0 spiro atoms. The Morgan fingerprint density at radius 1 is 1.07 bits per heavy atom. The fourth-order valence-electron chi connectivity index (χ4n) is 1.21. The van der Waals surface area contributed by atoms with Gasteiger partial charge in [-0.15, -0.1) is 0 Å². The first-order valence-corrected chi connectivity index (χ1v) is 4.62. The van der Waals surface area contributed by atoms with Gasteiger partial charge in [-0.25, -0.2) is 10.9 Å². The molecule has 0 aliphatic carbocycles. The Morgan fingerprint density at radius 3 is 1.93 bits per heavy atom.